The summed E-state index contributed by atoms with van der Waals surface area (Å²) in [5, 5.41) is 4.27. The molecule has 2 atom stereocenters. The van der Waals surface area contributed by atoms with Crippen LogP contribution in [0.4, 0.5) is 11.4 Å². The number of methoxy groups -OCH3 is 1. The summed E-state index contributed by atoms with van der Waals surface area (Å²) in [6.45, 7) is 0. The van der Waals surface area contributed by atoms with Gasteiger partial charge in [0.15, 0.2) is 0 Å². The van der Waals surface area contributed by atoms with Gasteiger partial charge in [0.05, 0.1) is 13.2 Å². The number of para-hydroxylation sites is 2. The van der Waals surface area contributed by atoms with Crippen LogP contribution in [-0.2, 0) is 9.09 Å². The molecule has 1 saturated carbocycles. The molecule has 0 heterocycles. The predicted molar refractivity (Wildman–Crippen MR) is 142 cm³/mol. The number of nitrogens with one attached hydrogen (secondary N) is 1. The number of nitrogens with zero attached hydrogens (tertiary/aromatic N) is 1. The van der Waals surface area contributed by atoms with Gasteiger partial charge in [0.25, 0.3) is 7.37 Å². The Morgan fingerprint density at radius 1 is 0.882 bits per heavy atom. The highest BCUT2D eigenvalue weighted by atomic mass is 31.2. The smallest absolute Gasteiger partial charge is 0.258 e. The van der Waals surface area contributed by atoms with Gasteiger partial charge in [-0.1, -0.05) is 55.7 Å². The number of anilines is 2. The first-order valence-electron chi connectivity index (χ1n) is 12.0. The van der Waals surface area contributed by atoms with Gasteiger partial charge in [0.2, 0.25) is 0 Å². The van der Waals surface area contributed by atoms with Gasteiger partial charge >= 0.3 is 0 Å². The largest absolute Gasteiger partial charge is 0.496 e. The van der Waals surface area contributed by atoms with Crippen LogP contribution in [0, 0.1) is 0 Å². The van der Waals surface area contributed by atoms with Crippen LogP contribution in [0.25, 0.3) is 0 Å². The molecule has 180 valence electrons. The Hall–Kier alpha value is -2.75. The average molecular weight is 479 g/mol. The van der Waals surface area contributed by atoms with Crippen molar-refractivity contribution in [2.24, 2.45) is 0 Å². The molecule has 5 nitrogen and oxygen atoms in total. The van der Waals surface area contributed by atoms with Crippen molar-refractivity contribution in [3.63, 3.8) is 0 Å². The van der Waals surface area contributed by atoms with Crippen molar-refractivity contribution >= 4 is 24.0 Å². The van der Waals surface area contributed by atoms with E-state index >= 15 is 4.57 Å². The fraction of sp³-hybridized carbons (Fsp3) is 0.357. The predicted octanol–water partition coefficient (Wildman–Crippen LogP) is 6.82. The van der Waals surface area contributed by atoms with E-state index < -0.39 is 13.2 Å². The lowest BCUT2D eigenvalue weighted by atomic mass is 9.98. The molecular weight excluding hydrogens is 443 g/mol. The third kappa shape index (κ3) is 5.48. The van der Waals surface area contributed by atoms with Gasteiger partial charge in [-0.05, 0) is 55.3 Å². The minimum Gasteiger partial charge on any atom is -0.496 e. The minimum atomic E-state index is -3.44. The van der Waals surface area contributed by atoms with Gasteiger partial charge in [0, 0.05) is 36.3 Å². The molecule has 3 aromatic rings. The zero-order chi connectivity index (χ0) is 24.0. The molecule has 0 radical (unpaired) electrons. The van der Waals surface area contributed by atoms with E-state index in [0.717, 1.165) is 42.6 Å². The summed E-state index contributed by atoms with van der Waals surface area (Å²) in [6.07, 6.45) is 5.27. The number of benzene rings is 3. The summed E-state index contributed by atoms with van der Waals surface area (Å²) in [6, 6.07) is 25.6. The highest BCUT2D eigenvalue weighted by Gasteiger charge is 2.41. The van der Waals surface area contributed by atoms with E-state index in [4.69, 9.17) is 9.26 Å². The first kappa shape index (κ1) is 24.4. The molecule has 6 heteroatoms. The summed E-state index contributed by atoms with van der Waals surface area (Å²) in [7, 11) is 2.22. The second-order valence-corrected chi connectivity index (χ2v) is 11.5. The number of rotatable bonds is 9. The van der Waals surface area contributed by atoms with Crippen molar-refractivity contribution in [2.75, 3.05) is 31.4 Å². The molecule has 0 saturated heterocycles. The Labute approximate surface area is 203 Å². The van der Waals surface area contributed by atoms with Crippen molar-refractivity contribution in [2.45, 2.75) is 44.0 Å². The maximum atomic E-state index is 15.2. The molecule has 1 fully saturated rings. The molecule has 0 aliphatic heterocycles. The topological polar surface area (TPSA) is 50.8 Å². The monoisotopic (exact) mass is 478 g/mol. The van der Waals surface area contributed by atoms with Gasteiger partial charge in [-0.2, -0.15) is 0 Å². The van der Waals surface area contributed by atoms with Crippen LogP contribution >= 0.6 is 7.37 Å². The molecule has 34 heavy (non-hydrogen) atoms. The minimum absolute atomic E-state index is 0.0251. The van der Waals surface area contributed by atoms with E-state index in [1.807, 2.05) is 97.9 Å². The summed E-state index contributed by atoms with van der Waals surface area (Å²) in [4.78, 5) is 2.04. The number of hydrogen-bond donors (Lipinski definition) is 1. The van der Waals surface area contributed by atoms with Crippen molar-refractivity contribution in [3.05, 3.63) is 84.4 Å². The molecule has 1 N–H and O–H groups in total. The third-order valence-corrected chi connectivity index (χ3v) is 9.15. The van der Waals surface area contributed by atoms with Crippen LogP contribution < -0.4 is 20.3 Å². The van der Waals surface area contributed by atoms with E-state index in [2.05, 4.69) is 5.32 Å². The van der Waals surface area contributed by atoms with E-state index in [1.165, 1.54) is 6.42 Å². The number of ether oxygens (including phenoxy) is 1. The van der Waals surface area contributed by atoms with Crippen molar-refractivity contribution in [1.29, 1.82) is 0 Å². The molecule has 1 aliphatic carbocycles. The quantitative estimate of drug-likeness (QED) is 0.342. The molecule has 3 aromatic carbocycles. The van der Waals surface area contributed by atoms with E-state index in [-0.39, 0.29) is 6.10 Å². The van der Waals surface area contributed by atoms with Gasteiger partial charge in [-0.25, -0.2) is 0 Å². The highest BCUT2D eigenvalue weighted by Crippen LogP contribution is 2.61. The third-order valence-electron chi connectivity index (χ3n) is 6.43. The van der Waals surface area contributed by atoms with Crippen LogP contribution in [0.5, 0.6) is 5.75 Å². The second kappa shape index (κ2) is 11.1. The Kier molecular flexibility index (Phi) is 7.97. The fourth-order valence-electron chi connectivity index (χ4n) is 4.55. The molecule has 0 amide bonds. The van der Waals surface area contributed by atoms with Crippen LogP contribution in [0.2, 0.25) is 0 Å². The Bertz CT molecular complexity index is 1100. The molecule has 0 bridgehead atoms. The van der Waals surface area contributed by atoms with E-state index in [9.17, 15) is 0 Å². The lowest BCUT2D eigenvalue weighted by Crippen LogP contribution is -2.26. The van der Waals surface area contributed by atoms with Crippen LogP contribution in [0.15, 0.2) is 78.9 Å². The first-order chi connectivity index (χ1) is 16.5. The maximum absolute atomic E-state index is 15.2. The molecule has 0 unspecified atom stereocenters. The van der Waals surface area contributed by atoms with Gasteiger partial charge in [0.1, 0.15) is 11.5 Å². The average Bonchev–Trinajstić information content (AvgIpc) is 2.88. The Morgan fingerprint density at radius 3 is 2.18 bits per heavy atom. The lowest BCUT2D eigenvalue weighted by Gasteiger charge is -2.34. The van der Waals surface area contributed by atoms with Gasteiger partial charge in [-0.3, -0.25) is 4.57 Å². The molecular formula is C28H35N2O3P. The summed E-state index contributed by atoms with van der Waals surface area (Å²) < 4.78 is 27.6. The Morgan fingerprint density at radius 2 is 1.53 bits per heavy atom. The van der Waals surface area contributed by atoms with Crippen molar-refractivity contribution in [1.82, 2.24) is 0 Å². The standard InChI is InChI=1S/C28H35N2O3P/c1-30(2)23-18-20-25(21-19-23)34(31,33-24-14-8-5-9-15-24)28(29-22-12-6-4-7-13-22)26-16-10-11-17-27(26)32-3/h4,6-7,10-13,16-21,24,28-29H,5,8-9,14-15H2,1-3H3/t28-,34-/m0/s1. The summed E-state index contributed by atoms with van der Waals surface area (Å²) in [5.41, 5.74) is 2.76. The Balaban J connectivity index is 1.84. The zero-order valence-corrected chi connectivity index (χ0v) is 21.2. The molecule has 4 rings (SSSR count). The van der Waals surface area contributed by atoms with Crippen LogP contribution in [0.3, 0.4) is 0 Å². The van der Waals surface area contributed by atoms with Crippen LogP contribution in [-0.4, -0.2) is 27.3 Å². The summed E-state index contributed by atoms with van der Waals surface area (Å²) >= 11 is 0. The summed E-state index contributed by atoms with van der Waals surface area (Å²) in [5.74, 6) is 0.0893. The number of hydrogen-bond acceptors (Lipinski definition) is 5. The second-order valence-electron chi connectivity index (χ2n) is 9.03. The fourth-order valence-corrected chi connectivity index (χ4v) is 7.21. The SMILES string of the molecule is COc1ccccc1[C@@H](Nc1ccccc1)[P@@](=O)(OC1CCCCC1)c1ccc(N(C)C)cc1. The van der Waals surface area contributed by atoms with Gasteiger partial charge in [-0.15, -0.1) is 0 Å². The van der Waals surface area contributed by atoms with Crippen molar-refractivity contribution < 1.29 is 13.8 Å². The van der Waals surface area contributed by atoms with E-state index in [1.54, 1.807) is 7.11 Å². The van der Waals surface area contributed by atoms with Gasteiger partial charge < -0.3 is 19.5 Å². The highest BCUT2D eigenvalue weighted by molar-refractivity contribution is 7.67. The normalized spacial score (nSPS) is 16.9. The zero-order valence-electron chi connectivity index (χ0n) is 20.3. The van der Waals surface area contributed by atoms with Crippen molar-refractivity contribution in [3.8, 4) is 5.75 Å². The maximum Gasteiger partial charge on any atom is 0.258 e. The molecule has 1 aliphatic rings. The lowest BCUT2D eigenvalue weighted by molar-refractivity contribution is 0.159. The van der Waals surface area contributed by atoms with Crippen LogP contribution in [0.1, 0.15) is 43.5 Å². The first-order valence-corrected chi connectivity index (χ1v) is 13.7. The molecule has 0 spiro atoms. The molecule has 0 aromatic heterocycles. The van der Waals surface area contributed by atoms with E-state index in [0.29, 0.717) is 11.1 Å².